The molecule has 7 nitrogen and oxygen atoms in total. The van der Waals surface area contributed by atoms with E-state index in [0.29, 0.717) is 17.6 Å². The van der Waals surface area contributed by atoms with Gasteiger partial charge >= 0.3 is 5.97 Å². The SMILES string of the molecule is CC=CCC(NC(=O)c1cnc2c(c1)c(C)nn2C)C(=O)OCC. The van der Waals surface area contributed by atoms with Crippen LogP contribution >= 0.6 is 0 Å². The molecular weight excluding hydrogens is 308 g/mol. The summed E-state index contributed by atoms with van der Waals surface area (Å²) in [5.74, 6) is -0.814. The Morgan fingerprint density at radius 1 is 1.46 bits per heavy atom. The van der Waals surface area contributed by atoms with Gasteiger partial charge in [-0.05, 0) is 33.3 Å². The first kappa shape index (κ1) is 17.7. The molecular formula is C17H22N4O3. The molecule has 1 amide bonds. The summed E-state index contributed by atoms with van der Waals surface area (Å²) >= 11 is 0. The van der Waals surface area contributed by atoms with Gasteiger partial charge in [-0.25, -0.2) is 9.78 Å². The molecule has 2 aromatic rings. The Hall–Kier alpha value is -2.70. The standard InChI is InChI=1S/C17H22N4O3/c1-5-7-8-14(17(23)24-6-2)19-16(22)12-9-13-11(3)20-21(4)15(13)18-10-12/h5,7,9-10,14H,6,8H2,1-4H3,(H,19,22). The summed E-state index contributed by atoms with van der Waals surface area (Å²) < 4.78 is 6.68. The first-order valence-corrected chi connectivity index (χ1v) is 7.85. The number of aromatic nitrogens is 3. The smallest absolute Gasteiger partial charge is 0.328 e. The number of rotatable bonds is 6. The first-order valence-electron chi connectivity index (χ1n) is 7.85. The number of pyridine rings is 1. The maximum Gasteiger partial charge on any atom is 0.328 e. The molecule has 2 rings (SSSR count). The summed E-state index contributed by atoms with van der Waals surface area (Å²) in [5.41, 5.74) is 1.89. The van der Waals surface area contributed by atoms with Crippen LogP contribution in [-0.2, 0) is 16.6 Å². The molecule has 7 heteroatoms. The third-order valence-electron chi connectivity index (χ3n) is 3.61. The Kier molecular flexibility index (Phi) is 5.68. The molecule has 0 saturated heterocycles. The highest BCUT2D eigenvalue weighted by atomic mass is 16.5. The number of carbonyl (C=O) groups is 2. The molecule has 0 saturated carbocycles. The first-order chi connectivity index (χ1) is 11.5. The number of hydrogen-bond acceptors (Lipinski definition) is 5. The van der Waals surface area contributed by atoms with Gasteiger partial charge in [0.05, 0.1) is 17.9 Å². The maximum absolute atomic E-state index is 12.5. The number of allylic oxidation sites excluding steroid dienone is 1. The number of aryl methyl sites for hydroxylation is 2. The fourth-order valence-electron chi connectivity index (χ4n) is 2.40. The van der Waals surface area contributed by atoms with Crippen LogP contribution in [0, 0.1) is 6.92 Å². The minimum atomic E-state index is -0.723. The quantitative estimate of drug-likeness (QED) is 0.646. The van der Waals surface area contributed by atoms with Crippen molar-refractivity contribution in [2.24, 2.45) is 7.05 Å². The van der Waals surface area contributed by atoms with E-state index in [4.69, 9.17) is 4.74 Å². The van der Waals surface area contributed by atoms with Gasteiger partial charge in [-0.3, -0.25) is 9.48 Å². The van der Waals surface area contributed by atoms with Gasteiger partial charge in [-0.2, -0.15) is 5.10 Å². The molecule has 0 aliphatic carbocycles. The van der Waals surface area contributed by atoms with E-state index in [2.05, 4.69) is 15.4 Å². The molecule has 0 fully saturated rings. The van der Waals surface area contributed by atoms with Gasteiger partial charge in [-0.1, -0.05) is 12.2 Å². The normalized spacial score (nSPS) is 12.5. The van der Waals surface area contributed by atoms with Gasteiger partial charge < -0.3 is 10.1 Å². The van der Waals surface area contributed by atoms with Crippen LogP contribution in [0.3, 0.4) is 0 Å². The van der Waals surface area contributed by atoms with Crippen LogP contribution < -0.4 is 5.32 Å². The summed E-state index contributed by atoms with van der Waals surface area (Å²) in [4.78, 5) is 28.7. The minimum absolute atomic E-state index is 0.267. The van der Waals surface area contributed by atoms with Crippen molar-refractivity contribution < 1.29 is 14.3 Å². The molecule has 2 aromatic heterocycles. The van der Waals surface area contributed by atoms with E-state index in [1.165, 1.54) is 6.20 Å². The van der Waals surface area contributed by atoms with Gasteiger partial charge in [0, 0.05) is 18.6 Å². The largest absolute Gasteiger partial charge is 0.464 e. The zero-order valence-electron chi connectivity index (χ0n) is 14.4. The lowest BCUT2D eigenvalue weighted by Crippen LogP contribution is -2.41. The van der Waals surface area contributed by atoms with E-state index < -0.39 is 12.0 Å². The average molecular weight is 330 g/mol. The lowest BCUT2D eigenvalue weighted by atomic mass is 10.1. The second-order valence-electron chi connectivity index (χ2n) is 5.39. The second-order valence-corrected chi connectivity index (χ2v) is 5.39. The Bertz CT molecular complexity index is 779. The van der Waals surface area contributed by atoms with Crippen LogP contribution in [0.15, 0.2) is 24.4 Å². The molecule has 2 heterocycles. The monoisotopic (exact) mass is 330 g/mol. The van der Waals surface area contributed by atoms with Crippen molar-refractivity contribution in [1.29, 1.82) is 0 Å². The number of fused-ring (bicyclic) bond motifs is 1. The molecule has 1 unspecified atom stereocenters. The molecule has 0 aromatic carbocycles. The Morgan fingerprint density at radius 2 is 2.21 bits per heavy atom. The predicted molar refractivity (Wildman–Crippen MR) is 90.6 cm³/mol. The van der Waals surface area contributed by atoms with E-state index in [-0.39, 0.29) is 12.5 Å². The van der Waals surface area contributed by atoms with Gasteiger partial charge in [0.2, 0.25) is 0 Å². The fourth-order valence-corrected chi connectivity index (χ4v) is 2.40. The average Bonchev–Trinajstić information content (AvgIpc) is 2.85. The Morgan fingerprint density at radius 3 is 2.88 bits per heavy atom. The Labute approximate surface area is 140 Å². The van der Waals surface area contributed by atoms with Crippen LogP contribution in [0.25, 0.3) is 11.0 Å². The van der Waals surface area contributed by atoms with Gasteiger partial charge in [0.15, 0.2) is 5.65 Å². The third kappa shape index (κ3) is 3.79. The molecule has 0 aliphatic heterocycles. The molecule has 1 N–H and O–H groups in total. The van der Waals surface area contributed by atoms with Crippen molar-refractivity contribution in [1.82, 2.24) is 20.1 Å². The fraction of sp³-hybridized carbons (Fsp3) is 0.412. The van der Waals surface area contributed by atoms with Crippen molar-refractivity contribution in [3.05, 3.63) is 35.7 Å². The third-order valence-corrected chi connectivity index (χ3v) is 3.61. The van der Waals surface area contributed by atoms with Crippen LogP contribution in [0.4, 0.5) is 0 Å². The molecule has 128 valence electrons. The highest BCUT2D eigenvalue weighted by Crippen LogP contribution is 2.16. The van der Waals surface area contributed by atoms with E-state index in [1.54, 1.807) is 24.7 Å². The summed E-state index contributed by atoms with van der Waals surface area (Å²) in [5, 5.41) is 7.81. The molecule has 0 radical (unpaired) electrons. The van der Waals surface area contributed by atoms with Crippen molar-refractivity contribution in [3.8, 4) is 0 Å². The van der Waals surface area contributed by atoms with E-state index in [9.17, 15) is 9.59 Å². The molecule has 0 aliphatic rings. The molecule has 0 bridgehead atoms. The van der Waals surface area contributed by atoms with Gasteiger partial charge in [0.25, 0.3) is 5.91 Å². The van der Waals surface area contributed by atoms with E-state index >= 15 is 0 Å². The summed E-state index contributed by atoms with van der Waals surface area (Å²) in [7, 11) is 1.80. The van der Waals surface area contributed by atoms with E-state index in [1.807, 2.05) is 26.0 Å². The summed E-state index contributed by atoms with van der Waals surface area (Å²) in [6.07, 6.45) is 5.50. The molecule has 1 atom stereocenters. The van der Waals surface area contributed by atoms with Crippen LogP contribution in [0.5, 0.6) is 0 Å². The zero-order valence-corrected chi connectivity index (χ0v) is 14.4. The van der Waals surface area contributed by atoms with E-state index in [0.717, 1.165) is 11.1 Å². The number of amides is 1. The second kappa shape index (κ2) is 7.72. The Balaban J connectivity index is 2.22. The van der Waals surface area contributed by atoms with Crippen LogP contribution in [0.2, 0.25) is 0 Å². The number of carbonyl (C=O) groups excluding carboxylic acids is 2. The zero-order chi connectivity index (χ0) is 17.7. The molecule has 0 spiro atoms. The van der Waals surface area contributed by atoms with Gasteiger partial charge in [-0.15, -0.1) is 0 Å². The lowest BCUT2D eigenvalue weighted by Gasteiger charge is -2.15. The number of hydrogen-bond donors (Lipinski definition) is 1. The van der Waals surface area contributed by atoms with Crippen molar-refractivity contribution >= 4 is 22.9 Å². The number of nitrogens with one attached hydrogen (secondary N) is 1. The van der Waals surface area contributed by atoms with Crippen molar-refractivity contribution in [2.75, 3.05) is 6.61 Å². The number of nitrogens with zero attached hydrogens (tertiary/aromatic N) is 3. The van der Waals surface area contributed by atoms with Crippen molar-refractivity contribution in [3.63, 3.8) is 0 Å². The summed E-state index contributed by atoms with van der Waals surface area (Å²) in [6, 6.07) is 1.01. The lowest BCUT2D eigenvalue weighted by molar-refractivity contribution is -0.145. The highest BCUT2D eigenvalue weighted by molar-refractivity contribution is 5.99. The van der Waals surface area contributed by atoms with Crippen LogP contribution in [0.1, 0.15) is 36.3 Å². The highest BCUT2D eigenvalue weighted by Gasteiger charge is 2.22. The number of ether oxygens (including phenoxy) is 1. The van der Waals surface area contributed by atoms with Crippen molar-refractivity contribution in [2.45, 2.75) is 33.2 Å². The molecule has 24 heavy (non-hydrogen) atoms. The number of esters is 1. The minimum Gasteiger partial charge on any atom is -0.464 e. The maximum atomic E-state index is 12.5. The van der Waals surface area contributed by atoms with Crippen LogP contribution in [-0.4, -0.2) is 39.3 Å². The summed E-state index contributed by atoms with van der Waals surface area (Å²) in [6.45, 7) is 5.71. The van der Waals surface area contributed by atoms with Gasteiger partial charge in [0.1, 0.15) is 6.04 Å². The predicted octanol–water partition coefficient (Wildman–Crippen LogP) is 1.90. The topological polar surface area (TPSA) is 86.1 Å².